The Kier molecular flexibility index (Phi) is 5.75. The van der Waals surface area contributed by atoms with Crippen LogP contribution in [0.3, 0.4) is 0 Å². The van der Waals surface area contributed by atoms with Crippen LogP contribution < -0.4 is 9.64 Å². The van der Waals surface area contributed by atoms with Crippen LogP contribution in [0.2, 0.25) is 0 Å². The number of hydrogen-bond donors (Lipinski definition) is 1. The third-order valence-electron chi connectivity index (χ3n) is 5.05. The van der Waals surface area contributed by atoms with Crippen LogP contribution in [0.4, 0.5) is 11.4 Å². The number of thioether (sulfide) groups is 1. The number of aromatic amines is 1. The Bertz CT molecular complexity index is 1080. The van der Waals surface area contributed by atoms with Crippen molar-refractivity contribution in [3.8, 4) is 5.75 Å². The summed E-state index contributed by atoms with van der Waals surface area (Å²) in [5, 5.41) is 11.9. The van der Waals surface area contributed by atoms with Gasteiger partial charge in [-0.3, -0.25) is 14.9 Å². The molecule has 9 nitrogen and oxygen atoms in total. The van der Waals surface area contributed by atoms with E-state index in [4.69, 9.17) is 4.74 Å². The number of nitrogens with zero attached hydrogens (tertiary/aromatic N) is 4. The van der Waals surface area contributed by atoms with Gasteiger partial charge in [-0.1, -0.05) is 23.9 Å². The van der Waals surface area contributed by atoms with Gasteiger partial charge in [0.15, 0.2) is 5.16 Å². The molecule has 0 radical (unpaired) electrons. The molecule has 1 saturated heterocycles. The lowest BCUT2D eigenvalue weighted by molar-refractivity contribution is -0.384. The minimum Gasteiger partial charge on any atom is -0.497 e. The summed E-state index contributed by atoms with van der Waals surface area (Å²) in [6.45, 7) is 2.18. The summed E-state index contributed by atoms with van der Waals surface area (Å²) in [5.41, 5.74) is 2.38. The van der Waals surface area contributed by atoms with Gasteiger partial charge in [-0.15, -0.1) is 0 Å². The molecule has 0 spiro atoms. The monoisotopic (exact) mass is 427 g/mol. The van der Waals surface area contributed by atoms with E-state index >= 15 is 0 Å². The van der Waals surface area contributed by atoms with Crippen LogP contribution in [-0.4, -0.2) is 64.7 Å². The summed E-state index contributed by atoms with van der Waals surface area (Å²) < 4.78 is 5.21. The molecule has 0 bridgehead atoms. The molecule has 0 aliphatic carbocycles. The van der Waals surface area contributed by atoms with Crippen LogP contribution >= 0.6 is 11.8 Å². The maximum absolute atomic E-state index is 12.6. The maximum atomic E-state index is 12.6. The average molecular weight is 427 g/mol. The van der Waals surface area contributed by atoms with Crippen molar-refractivity contribution in [1.29, 1.82) is 0 Å². The summed E-state index contributed by atoms with van der Waals surface area (Å²) in [5.74, 6) is 1.05. The fraction of sp³-hybridized carbons (Fsp3) is 0.300. The molecule has 1 aromatic heterocycles. The van der Waals surface area contributed by atoms with Gasteiger partial charge in [0.05, 0.1) is 28.8 Å². The number of methoxy groups -OCH3 is 1. The zero-order valence-electron chi connectivity index (χ0n) is 16.4. The molecular weight excluding hydrogens is 406 g/mol. The molecule has 156 valence electrons. The lowest BCUT2D eigenvalue weighted by Crippen LogP contribution is -2.49. The number of anilines is 1. The number of piperazine rings is 1. The van der Waals surface area contributed by atoms with Crippen molar-refractivity contribution in [3.63, 3.8) is 0 Å². The Morgan fingerprint density at radius 3 is 2.73 bits per heavy atom. The van der Waals surface area contributed by atoms with Crippen molar-refractivity contribution < 1.29 is 14.5 Å². The molecule has 4 rings (SSSR count). The zero-order valence-corrected chi connectivity index (χ0v) is 17.2. The first-order chi connectivity index (χ1) is 14.5. The molecule has 0 atom stereocenters. The molecule has 3 aromatic rings. The Labute approximate surface area is 177 Å². The van der Waals surface area contributed by atoms with Crippen molar-refractivity contribution in [3.05, 3.63) is 52.6 Å². The Hall–Kier alpha value is -3.27. The average Bonchev–Trinajstić information content (AvgIpc) is 3.19. The van der Waals surface area contributed by atoms with E-state index in [1.807, 2.05) is 23.1 Å². The van der Waals surface area contributed by atoms with Gasteiger partial charge >= 0.3 is 0 Å². The van der Waals surface area contributed by atoms with Gasteiger partial charge in [0.25, 0.3) is 5.69 Å². The third kappa shape index (κ3) is 4.18. The number of benzene rings is 2. The predicted octanol–water partition coefficient (Wildman–Crippen LogP) is 2.92. The van der Waals surface area contributed by atoms with E-state index in [9.17, 15) is 14.9 Å². The number of para-hydroxylation sites is 2. The van der Waals surface area contributed by atoms with Gasteiger partial charge < -0.3 is 19.5 Å². The van der Waals surface area contributed by atoms with Gasteiger partial charge in [-0.2, -0.15) is 0 Å². The maximum Gasteiger partial charge on any atom is 0.292 e. The van der Waals surface area contributed by atoms with Crippen molar-refractivity contribution in [2.75, 3.05) is 43.9 Å². The fourth-order valence-corrected chi connectivity index (χ4v) is 4.25. The van der Waals surface area contributed by atoms with E-state index in [0.29, 0.717) is 37.0 Å². The van der Waals surface area contributed by atoms with Crippen molar-refractivity contribution in [2.45, 2.75) is 5.16 Å². The number of amides is 1. The standard InChI is InChI=1S/C20H21N5O4S/c1-29-14-6-7-15-16(12-14)22-20(21-15)30-13-19(26)24-10-8-23(9-11-24)17-4-2-3-5-18(17)25(27)28/h2-7,12H,8-11,13H2,1H3,(H,21,22). The van der Waals surface area contributed by atoms with E-state index in [0.717, 1.165) is 16.8 Å². The van der Waals surface area contributed by atoms with Crippen molar-refractivity contribution in [2.24, 2.45) is 0 Å². The van der Waals surface area contributed by atoms with Gasteiger partial charge in [0.2, 0.25) is 5.91 Å². The molecular formula is C20H21N5O4S. The van der Waals surface area contributed by atoms with Crippen LogP contribution in [0.25, 0.3) is 11.0 Å². The summed E-state index contributed by atoms with van der Waals surface area (Å²) in [7, 11) is 1.61. The second-order valence-electron chi connectivity index (χ2n) is 6.83. The van der Waals surface area contributed by atoms with Gasteiger partial charge in [-0.05, 0) is 18.2 Å². The summed E-state index contributed by atoms with van der Waals surface area (Å²) in [6, 6.07) is 12.3. The molecule has 2 aromatic carbocycles. The first kappa shape index (κ1) is 20.0. The smallest absolute Gasteiger partial charge is 0.292 e. The lowest BCUT2D eigenvalue weighted by Gasteiger charge is -2.35. The second kappa shape index (κ2) is 8.62. The summed E-state index contributed by atoms with van der Waals surface area (Å²) in [4.78, 5) is 35.0. The number of carbonyl (C=O) groups is 1. The quantitative estimate of drug-likeness (QED) is 0.366. The number of carbonyl (C=O) groups excluding carboxylic acids is 1. The molecule has 0 saturated carbocycles. The highest BCUT2D eigenvalue weighted by atomic mass is 32.2. The van der Waals surface area contributed by atoms with Gasteiger partial charge in [0, 0.05) is 38.3 Å². The minimum atomic E-state index is -0.369. The van der Waals surface area contributed by atoms with Gasteiger partial charge in [0.1, 0.15) is 11.4 Å². The molecule has 1 amide bonds. The number of fused-ring (bicyclic) bond motifs is 1. The molecule has 0 unspecified atom stereocenters. The number of nitrogens with one attached hydrogen (secondary N) is 1. The number of rotatable bonds is 6. The number of imidazole rings is 1. The molecule has 2 heterocycles. The second-order valence-corrected chi connectivity index (χ2v) is 7.79. The third-order valence-corrected chi connectivity index (χ3v) is 5.91. The van der Waals surface area contributed by atoms with Crippen LogP contribution in [0.1, 0.15) is 0 Å². The fourth-order valence-electron chi connectivity index (χ4n) is 3.46. The first-order valence-electron chi connectivity index (χ1n) is 9.48. The predicted molar refractivity (Wildman–Crippen MR) is 115 cm³/mol. The number of nitro groups is 1. The van der Waals surface area contributed by atoms with E-state index in [1.54, 1.807) is 30.2 Å². The lowest BCUT2D eigenvalue weighted by atomic mass is 10.2. The molecule has 1 N–H and O–H groups in total. The van der Waals surface area contributed by atoms with E-state index < -0.39 is 0 Å². The van der Waals surface area contributed by atoms with E-state index in [2.05, 4.69) is 9.97 Å². The van der Waals surface area contributed by atoms with Crippen molar-refractivity contribution >= 4 is 40.1 Å². The molecule has 1 aliphatic rings. The highest BCUT2D eigenvalue weighted by Gasteiger charge is 2.25. The largest absolute Gasteiger partial charge is 0.497 e. The molecule has 30 heavy (non-hydrogen) atoms. The van der Waals surface area contributed by atoms with E-state index in [-0.39, 0.29) is 22.3 Å². The molecule has 1 aliphatic heterocycles. The zero-order chi connectivity index (χ0) is 21.1. The minimum absolute atomic E-state index is 0.0280. The van der Waals surface area contributed by atoms with Crippen LogP contribution in [0, 0.1) is 10.1 Å². The van der Waals surface area contributed by atoms with E-state index in [1.165, 1.54) is 17.8 Å². The molecule has 1 fully saturated rings. The topological polar surface area (TPSA) is 105 Å². The Morgan fingerprint density at radius 1 is 1.23 bits per heavy atom. The van der Waals surface area contributed by atoms with Crippen LogP contribution in [0.5, 0.6) is 5.75 Å². The first-order valence-corrected chi connectivity index (χ1v) is 10.5. The Balaban J connectivity index is 1.33. The SMILES string of the molecule is COc1ccc2nc(SCC(=O)N3CCN(c4ccccc4[N+](=O)[O-])CC3)[nH]c2c1. The molecule has 10 heteroatoms. The summed E-state index contributed by atoms with van der Waals surface area (Å²) >= 11 is 1.36. The van der Waals surface area contributed by atoms with Crippen LogP contribution in [0.15, 0.2) is 47.6 Å². The normalized spacial score (nSPS) is 14.2. The highest BCUT2D eigenvalue weighted by molar-refractivity contribution is 7.99. The number of nitro benzene ring substituents is 1. The number of hydrogen-bond acceptors (Lipinski definition) is 7. The van der Waals surface area contributed by atoms with Crippen LogP contribution in [-0.2, 0) is 4.79 Å². The number of aromatic nitrogens is 2. The number of ether oxygens (including phenoxy) is 1. The highest BCUT2D eigenvalue weighted by Crippen LogP contribution is 2.28. The summed E-state index contributed by atoms with van der Waals surface area (Å²) in [6.07, 6.45) is 0. The Morgan fingerprint density at radius 2 is 2.00 bits per heavy atom. The van der Waals surface area contributed by atoms with Gasteiger partial charge in [-0.25, -0.2) is 4.98 Å². The van der Waals surface area contributed by atoms with Crippen molar-refractivity contribution in [1.82, 2.24) is 14.9 Å². The number of H-pyrrole nitrogens is 1.